The summed E-state index contributed by atoms with van der Waals surface area (Å²) in [4.78, 5) is 11.0. The molecule has 1 aliphatic rings. The highest BCUT2D eigenvalue weighted by Crippen LogP contribution is 2.01. The van der Waals surface area contributed by atoms with E-state index in [0.717, 1.165) is 19.4 Å². The van der Waals surface area contributed by atoms with E-state index >= 15 is 0 Å². The largest absolute Gasteiger partial charge is 0.341 e. The maximum Gasteiger partial charge on any atom is 0.221 e. The van der Waals surface area contributed by atoms with Crippen LogP contribution in [0.2, 0.25) is 0 Å². The van der Waals surface area contributed by atoms with Crippen molar-refractivity contribution in [1.29, 1.82) is 0 Å². The molecule has 1 fully saturated rings. The van der Waals surface area contributed by atoms with E-state index in [1.54, 1.807) is 0 Å². The van der Waals surface area contributed by atoms with Crippen LogP contribution in [0.3, 0.4) is 0 Å². The van der Waals surface area contributed by atoms with Crippen molar-refractivity contribution in [2.24, 2.45) is 0 Å². The summed E-state index contributed by atoms with van der Waals surface area (Å²) in [6.45, 7) is 3.05. The normalized spacial score (nSPS) is 23.5. The van der Waals surface area contributed by atoms with E-state index < -0.39 is 0 Å². The number of carbonyl (C=O) groups excluding carboxylic acids is 1. The predicted octanol–water partition coefficient (Wildman–Crippen LogP) is 0.612. The Morgan fingerprint density at radius 1 is 1.73 bits per heavy atom. The van der Waals surface area contributed by atoms with Crippen LogP contribution in [0.5, 0.6) is 0 Å². The predicted molar refractivity (Wildman–Crippen MR) is 44.1 cm³/mol. The maximum absolute atomic E-state index is 11.0. The zero-order chi connectivity index (χ0) is 8.10. The second-order valence-corrected chi connectivity index (χ2v) is 2.97. The second kappa shape index (κ2) is 4.34. The standard InChI is InChI=1S/C8H16N2O/c1-2-4-8(11)10-7-5-3-6-9-7/h7,9H,2-6H2,1H3,(H,10,11). The number of rotatable bonds is 3. The molecule has 1 amide bonds. The van der Waals surface area contributed by atoms with E-state index in [0.29, 0.717) is 6.42 Å². The van der Waals surface area contributed by atoms with Crippen LogP contribution >= 0.6 is 0 Å². The van der Waals surface area contributed by atoms with E-state index in [1.165, 1.54) is 6.42 Å². The van der Waals surface area contributed by atoms with Gasteiger partial charge in [-0.1, -0.05) is 6.92 Å². The molecule has 0 aromatic rings. The van der Waals surface area contributed by atoms with E-state index in [9.17, 15) is 4.79 Å². The van der Waals surface area contributed by atoms with Crippen LogP contribution in [0.1, 0.15) is 32.6 Å². The topological polar surface area (TPSA) is 41.1 Å². The molecule has 1 unspecified atom stereocenters. The van der Waals surface area contributed by atoms with E-state index in [2.05, 4.69) is 10.6 Å². The highest BCUT2D eigenvalue weighted by molar-refractivity contribution is 5.76. The molecule has 1 heterocycles. The Morgan fingerprint density at radius 2 is 2.55 bits per heavy atom. The highest BCUT2D eigenvalue weighted by atomic mass is 16.1. The van der Waals surface area contributed by atoms with Crippen molar-refractivity contribution in [3.8, 4) is 0 Å². The van der Waals surface area contributed by atoms with E-state index in [4.69, 9.17) is 0 Å². The van der Waals surface area contributed by atoms with Crippen molar-refractivity contribution < 1.29 is 4.79 Å². The molecule has 3 heteroatoms. The lowest BCUT2D eigenvalue weighted by atomic mass is 10.3. The molecule has 0 aliphatic carbocycles. The van der Waals surface area contributed by atoms with Gasteiger partial charge in [-0.15, -0.1) is 0 Å². The zero-order valence-electron chi connectivity index (χ0n) is 7.02. The van der Waals surface area contributed by atoms with Crippen molar-refractivity contribution in [1.82, 2.24) is 10.6 Å². The molecule has 0 bridgehead atoms. The first-order valence-corrected chi connectivity index (χ1v) is 4.35. The molecule has 1 saturated heterocycles. The van der Waals surface area contributed by atoms with Crippen LogP contribution in [0.15, 0.2) is 0 Å². The molecule has 0 radical (unpaired) electrons. The van der Waals surface area contributed by atoms with Crippen LogP contribution < -0.4 is 10.6 Å². The number of carbonyl (C=O) groups is 1. The molecule has 1 rings (SSSR count). The first-order chi connectivity index (χ1) is 5.33. The summed E-state index contributed by atoms with van der Waals surface area (Å²) in [6, 6.07) is 0. The van der Waals surface area contributed by atoms with Gasteiger partial charge in [0.15, 0.2) is 0 Å². The van der Waals surface area contributed by atoms with Gasteiger partial charge in [0, 0.05) is 6.42 Å². The summed E-state index contributed by atoms with van der Waals surface area (Å²) in [7, 11) is 0. The fourth-order valence-electron chi connectivity index (χ4n) is 1.30. The molecule has 0 saturated carbocycles. The zero-order valence-corrected chi connectivity index (χ0v) is 7.02. The van der Waals surface area contributed by atoms with Gasteiger partial charge in [0.1, 0.15) is 0 Å². The fourth-order valence-corrected chi connectivity index (χ4v) is 1.30. The summed E-state index contributed by atoms with van der Waals surface area (Å²) in [5, 5.41) is 6.14. The van der Waals surface area contributed by atoms with Gasteiger partial charge in [-0.25, -0.2) is 0 Å². The van der Waals surface area contributed by atoms with Gasteiger partial charge < -0.3 is 5.32 Å². The minimum absolute atomic E-state index is 0.173. The minimum Gasteiger partial charge on any atom is -0.341 e. The molecular weight excluding hydrogens is 140 g/mol. The van der Waals surface area contributed by atoms with Crippen molar-refractivity contribution in [2.45, 2.75) is 38.8 Å². The third kappa shape index (κ3) is 2.89. The second-order valence-electron chi connectivity index (χ2n) is 2.97. The monoisotopic (exact) mass is 156 g/mol. The van der Waals surface area contributed by atoms with Crippen LogP contribution in [0.25, 0.3) is 0 Å². The van der Waals surface area contributed by atoms with Crippen LogP contribution in [-0.2, 0) is 4.79 Å². The van der Waals surface area contributed by atoms with Crippen LogP contribution in [0.4, 0.5) is 0 Å². The molecule has 11 heavy (non-hydrogen) atoms. The number of amides is 1. The summed E-state index contributed by atoms with van der Waals surface area (Å²) in [5.74, 6) is 0.173. The quantitative estimate of drug-likeness (QED) is 0.628. The molecule has 1 aliphatic heterocycles. The Hall–Kier alpha value is -0.570. The molecule has 2 N–H and O–H groups in total. The average molecular weight is 156 g/mol. The van der Waals surface area contributed by atoms with Crippen molar-refractivity contribution in [3.05, 3.63) is 0 Å². The summed E-state index contributed by atoms with van der Waals surface area (Å²) >= 11 is 0. The molecule has 0 spiro atoms. The van der Waals surface area contributed by atoms with Crippen LogP contribution in [-0.4, -0.2) is 18.6 Å². The minimum atomic E-state index is 0.173. The lowest BCUT2D eigenvalue weighted by Crippen LogP contribution is -2.41. The lowest BCUT2D eigenvalue weighted by Gasteiger charge is -2.11. The van der Waals surface area contributed by atoms with Crippen molar-refractivity contribution in [3.63, 3.8) is 0 Å². The van der Waals surface area contributed by atoms with Crippen molar-refractivity contribution in [2.75, 3.05) is 6.54 Å². The maximum atomic E-state index is 11.0. The Balaban J connectivity index is 2.13. The molecule has 64 valence electrons. The van der Waals surface area contributed by atoms with Gasteiger partial charge in [-0.2, -0.15) is 0 Å². The smallest absolute Gasteiger partial charge is 0.221 e. The Labute approximate surface area is 67.5 Å². The molecule has 1 atom stereocenters. The third-order valence-corrected chi connectivity index (χ3v) is 1.87. The highest BCUT2D eigenvalue weighted by Gasteiger charge is 2.14. The Bertz CT molecular complexity index is 130. The van der Waals surface area contributed by atoms with Gasteiger partial charge in [-0.05, 0) is 25.8 Å². The molecule has 0 aromatic heterocycles. The third-order valence-electron chi connectivity index (χ3n) is 1.87. The van der Waals surface area contributed by atoms with E-state index in [1.807, 2.05) is 6.92 Å². The summed E-state index contributed by atoms with van der Waals surface area (Å²) in [6.07, 6.45) is 4.08. The van der Waals surface area contributed by atoms with Gasteiger partial charge in [0.25, 0.3) is 0 Å². The number of hydrogen-bond acceptors (Lipinski definition) is 2. The van der Waals surface area contributed by atoms with E-state index in [-0.39, 0.29) is 12.1 Å². The number of hydrogen-bond donors (Lipinski definition) is 2. The molecular formula is C8H16N2O. The molecule has 3 nitrogen and oxygen atoms in total. The van der Waals surface area contributed by atoms with Gasteiger partial charge in [-0.3, -0.25) is 10.1 Å². The average Bonchev–Trinajstić information content (AvgIpc) is 2.40. The Morgan fingerprint density at radius 3 is 3.09 bits per heavy atom. The first-order valence-electron chi connectivity index (χ1n) is 4.35. The van der Waals surface area contributed by atoms with Gasteiger partial charge >= 0.3 is 0 Å². The van der Waals surface area contributed by atoms with Crippen LogP contribution in [0, 0.1) is 0 Å². The summed E-state index contributed by atoms with van der Waals surface area (Å²) in [5.41, 5.74) is 0. The number of nitrogens with one attached hydrogen (secondary N) is 2. The first kappa shape index (κ1) is 8.53. The lowest BCUT2D eigenvalue weighted by molar-refractivity contribution is -0.121. The fraction of sp³-hybridized carbons (Fsp3) is 0.875. The molecule has 0 aromatic carbocycles. The summed E-state index contributed by atoms with van der Waals surface area (Å²) < 4.78 is 0. The van der Waals surface area contributed by atoms with Gasteiger partial charge in [0.2, 0.25) is 5.91 Å². The SMILES string of the molecule is CCCC(=O)NC1CCCN1. The van der Waals surface area contributed by atoms with Gasteiger partial charge in [0.05, 0.1) is 6.17 Å². The van der Waals surface area contributed by atoms with Crippen molar-refractivity contribution >= 4 is 5.91 Å². The Kier molecular flexibility index (Phi) is 3.36.